The second-order valence-electron chi connectivity index (χ2n) is 3.94. The van der Waals surface area contributed by atoms with Gasteiger partial charge in [0.2, 0.25) is 0 Å². The van der Waals surface area contributed by atoms with E-state index in [0.29, 0.717) is 11.9 Å². The van der Waals surface area contributed by atoms with Crippen molar-refractivity contribution in [3.8, 4) is 6.07 Å². The Hall–Kier alpha value is -1.20. The number of hydrogen-bond acceptors (Lipinski definition) is 2. The van der Waals surface area contributed by atoms with Gasteiger partial charge in [-0.05, 0) is 30.5 Å². The third kappa shape index (κ3) is 2.08. The SMILES string of the molecule is CN(c1ccc(CCl)cc1C#N)C1CC1. The Kier molecular flexibility index (Phi) is 2.83. The molecule has 0 aromatic heterocycles. The Morgan fingerprint density at radius 2 is 2.27 bits per heavy atom. The molecule has 0 aliphatic heterocycles. The number of nitriles is 1. The second kappa shape index (κ2) is 4.12. The number of anilines is 1. The van der Waals surface area contributed by atoms with E-state index >= 15 is 0 Å². The highest BCUT2D eigenvalue weighted by Gasteiger charge is 2.27. The van der Waals surface area contributed by atoms with Crippen molar-refractivity contribution in [1.29, 1.82) is 5.26 Å². The number of alkyl halides is 1. The van der Waals surface area contributed by atoms with E-state index in [1.54, 1.807) is 0 Å². The van der Waals surface area contributed by atoms with Gasteiger partial charge in [-0.25, -0.2) is 0 Å². The summed E-state index contributed by atoms with van der Waals surface area (Å²) in [6.45, 7) is 0. The van der Waals surface area contributed by atoms with Crippen molar-refractivity contribution in [2.24, 2.45) is 0 Å². The average Bonchev–Trinajstić information content (AvgIpc) is 3.11. The van der Waals surface area contributed by atoms with E-state index in [1.165, 1.54) is 12.8 Å². The van der Waals surface area contributed by atoms with Gasteiger partial charge in [0.1, 0.15) is 6.07 Å². The van der Waals surface area contributed by atoms with Crippen molar-refractivity contribution in [1.82, 2.24) is 0 Å². The second-order valence-corrected chi connectivity index (χ2v) is 4.21. The molecule has 0 amide bonds. The molecule has 78 valence electrons. The molecule has 2 rings (SSSR count). The summed E-state index contributed by atoms with van der Waals surface area (Å²) in [5.74, 6) is 0.460. The fraction of sp³-hybridized carbons (Fsp3) is 0.417. The molecule has 0 unspecified atom stereocenters. The first-order chi connectivity index (χ1) is 7.26. The maximum Gasteiger partial charge on any atom is 0.101 e. The van der Waals surface area contributed by atoms with Crippen LogP contribution in [-0.2, 0) is 5.88 Å². The zero-order valence-corrected chi connectivity index (χ0v) is 9.46. The fourth-order valence-corrected chi connectivity index (χ4v) is 1.89. The molecule has 1 aromatic carbocycles. The van der Waals surface area contributed by atoms with Gasteiger partial charge in [-0.15, -0.1) is 11.6 Å². The van der Waals surface area contributed by atoms with E-state index in [2.05, 4.69) is 11.0 Å². The Morgan fingerprint density at radius 3 is 2.80 bits per heavy atom. The Labute approximate surface area is 95.1 Å². The zero-order valence-electron chi connectivity index (χ0n) is 8.70. The summed E-state index contributed by atoms with van der Waals surface area (Å²) in [7, 11) is 2.05. The molecule has 1 aliphatic carbocycles. The minimum Gasteiger partial charge on any atom is -0.371 e. The molecule has 0 heterocycles. The van der Waals surface area contributed by atoms with Crippen LogP contribution in [0.5, 0.6) is 0 Å². The smallest absolute Gasteiger partial charge is 0.101 e. The van der Waals surface area contributed by atoms with Gasteiger partial charge in [-0.2, -0.15) is 5.26 Å². The Morgan fingerprint density at radius 1 is 1.53 bits per heavy atom. The third-order valence-electron chi connectivity index (χ3n) is 2.81. The minimum absolute atomic E-state index is 0.460. The quantitative estimate of drug-likeness (QED) is 0.733. The third-order valence-corrected chi connectivity index (χ3v) is 3.12. The van der Waals surface area contributed by atoms with Crippen molar-refractivity contribution in [2.45, 2.75) is 24.8 Å². The van der Waals surface area contributed by atoms with E-state index in [9.17, 15) is 0 Å². The molecule has 1 aliphatic rings. The maximum atomic E-state index is 9.07. The summed E-state index contributed by atoms with van der Waals surface area (Å²) < 4.78 is 0. The molecule has 0 spiro atoms. The van der Waals surface area contributed by atoms with Gasteiger partial charge in [0.05, 0.1) is 11.3 Å². The topological polar surface area (TPSA) is 27.0 Å². The predicted molar refractivity (Wildman–Crippen MR) is 62.1 cm³/mol. The first kappa shape index (κ1) is 10.3. The summed E-state index contributed by atoms with van der Waals surface area (Å²) in [4.78, 5) is 2.19. The number of halogens is 1. The number of nitrogens with zero attached hydrogens (tertiary/aromatic N) is 2. The number of hydrogen-bond donors (Lipinski definition) is 0. The summed E-state index contributed by atoms with van der Waals surface area (Å²) in [5, 5.41) is 9.07. The maximum absolute atomic E-state index is 9.07. The molecule has 2 nitrogen and oxygen atoms in total. The molecule has 0 atom stereocenters. The van der Waals surface area contributed by atoms with Crippen molar-refractivity contribution < 1.29 is 0 Å². The van der Waals surface area contributed by atoms with E-state index in [1.807, 2.05) is 25.2 Å². The van der Waals surface area contributed by atoms with Crippen molar-refractivity contribution >= 4 is 17.3 Å². The lowest BCUT2D eigenvalue weighted by atomic mass is 10.1. The zero-order chi connectivity index (χ0) is 10.8. The molecular formula is C12H13ClN2. The van der Waals surface area contributed by atoms with Gasteiger partial charge in [-0.3, -0.25) is 0 Å². The van der Waals surface area contributed by atoms with Crippen LogP contribution in [0.1, 0.15) is 24.0 Å². The molecule has 0 saturated heterocycles. The van der Waals surface area contributed by atoms with Crippen LogP contribution in [0.15, 0.2) is 18.2 Å². The minimum atomic E-state index is 0.460. The molecule has 3 heteroatoms. The van der Waals surface area contributed by atoms with Gasteiger partial charge < -0.3 is 4.90 Å². The number of rotatable bonds is 3. The van der Waals surface area contributed by atoms with Crippen LogP contribution in [0.2, 0.25) is 0 Å². The van der Waals surface area contributed by atoms with Crippen LogP contribution in [0.3, 0.4) is 0 Å². The predicted octanol–water partition coefficient (Wildman–Crippen LogP) is 2.90. The van der Waals surface area contributed by atoms with E-state index < -0.39 is 0 Å². The van der Waals surface area contributed by atoms with Crippen LogP contribution in [0.4, 0.5) is 5.69 Å². The van der Waals surface area contributed by atoms with Gasteiger partial charge >= 0.3 is 0 Å². The van der Waals surface area contributed by atoms with Gasteiger partial charge in [0.25, 0.3) is 0 Å². The van der Waals surface area contributed by atoms with Gasteiger partial charge in [0, 0.05) is 19.0 Å². The Bertz CT molecular complexity index is 405. The molecule has 1 aromatic rings. The summed E-state index contributed by atoms with van der Waals surface area (Å²) in [5.41, 5.74) is 2.75. The normalized spacial score (nSPS) is 14.7. The molecule has 0 bridgehead atoms. The highest BCUT2D eigenvalue weighted by atomic mass is 35.5. The van der Waals surface area contributed by atoms with Crippen LogP contribution < -0.4 is 4.90 Å². The molecule has 1 saturated carbocycles. The lowest BCUT2D eigenvalue weighted by Gasteiger charge is -2.20. The largest absolute Gasteiger partial charge is 0.371 e. The summed E-state index contributed by atoms with van der Waals surface area (Å²) in [6, 6.07) is 8.72. The lowest BCUT2D eigenvalue weighted by Crippen LogP contribution is -2.20. The fourth-order valence-electron chi connectivity index (χ4n) is 1.72. The van der Waals surface area contributed by atoms with Crippen LogP contribution in [0.25, 0.3) is 0 Å². The highest BCUT2D eigenvalue weighted by Crippen LogP contribution is 2.32. The monoisotopic (exact) mass is 220 g/mol. The van der Waals surface area contributed by atoms with Crippen LogP contribution in [0, 0.1) is 11.3 Å². The lowest BCUT2D eigenvalue weighted by molar-refractivity contribution is 0.914. The average molecular weight is 221 g/mol. The van der Waals surface area contributed by atoms with Gasteiger partial charge in [-0.1, -0.05) is 6.07 Å². The first-order valence-corrected chi connectivity index (χ1v) is 5.61. The molecule has 0 radical (unpaired) electrons. The molecule has 15 heavy (non-hydrogen) atoms. The standard InChI is InChI=1S/C12H13ClN2/c1-15(11-3-4-11)12-5-2-9(7-13)6-10(12)8-14/h2,5-6,11H,3-4,7H2,1H3. The highest BCUT2D eigenvalue weighted by molar-refractivity contribution is 6.17. The summed E-state index contributed by atoms with van der Waals surface area (Å²) in [6.07, 6.45) is 2.47. The molecule has 0 N–H and O–H groups in total. The van der Waals surface area contributed by atoms with Crippen molar-refractivity contribution in [3.05, 3.63) is 29.3 Å². The van der Waals surface area contributed by atoms with Crippen molar-refractivity contribution in [3.63, 3.8) is 0 Å². The van der Waals surface area contributed by atoms with E-state index in [-0.39, 0.29) is 0 Å². The van der Waals surface area contributed by atoms with Gasteiger partial charge in [0.15, 0.2) is 0 Å². The van der Waals surface area contributed by atoms with E-state index in [0.717, 1.165) is 16.8 Å². The van der Waals surface area contributed by atoms with Crippen molar-refractivity contribution in [2.75, 3.05) is 11.9 Å². The van der Waals surface area contributed by atoms with Crippen LogP contribution >= 0.6 is 11.6 Å². The van der Waals surface area contributed by atoms with E-state index in [4.69, 9.17) is 16.9 Å². The summed E-state index contributed by atoms with van der Waals surface area (Å²) >= 11 is 5.74. The number of benzene rings is 1. The first-order valence-electron chi connectivity index (χ1n) is 5.08. The van der Waals surface area contributed by atoms with Crippen LogP contribution in [-0.4, -0.2) is 13.1 Å². The Balaban J connectivity index is 2.34. The molecular weight excluding hydrogens is 208 g/mol. The molecule has 1 fully saturated rings.